The predicted octanol–water partition coefficient (Wildman–Crippen LogP) is 4.40. The molecule has 150 valence electrons. The first-order valence-corrected chi connectivity index (χ1v) is 9.88. The summed E-state index contributed by atoms with van der Waals surface area (Å²) >= 11 is 0. The Morgan fingerprint density at radius 2 is 1.83 bits per heavy atom. The molecular formula is C24H26N2O3. The summed E-state index contributed by atoms with van der Waals surface area (Å²) in [6.45, 7) is 4.99. The molecule has 5 heteroatoms. The molecule has 3 rings (SSSR count). The van der Waals surface area contributed by atoms with Crippen molar-refractivity contribution in [3.8, 4) is 5.75 Å². The maximum atomic E-state index is 12.2. The number of carbonyl (C=O) groups is 2. The van der Waals surface area contributed by atoms with Gasteiger partial charge in [0.1, 0.15) is 11.3 Å². The number of rotatable bonds is 9. The van der Waals surface area contributed by atoms with E-state index in [0.717, 1.165) is 27.8 Å². The minimum atomic E-state index is -0.117. The van der Waals surface area contributed by atoms with Crippen molar-refractivity contribution in [3.63, 3.8) is 0 Å². The lowest BCUT2D eigenvalue weighted by Crippen LogP contribution is -2.26. The summed E-state index contributed by atoms with van der Waals surface area (Å²) in [5.41, 5.74) is 3.74. The molecule has 1 amide bonds. The van der Waals surface area contributed by atoms with Gasteiger partial charge in [0.25, 0.3) is 0 Å². The first-order chi connectivity index (χ1) is 14.0. The molecule has 0 atom stereocenters. The minimum absolute atomic E-state index is 0.00459. The van der Waals surface area contributed by atoms with Gasteiger partial charge in [-0.2, -0.15) is 0 Å². The van der Waals surface area contributed by atoms with Gasteiger partial charge in [-0.05, 0) is 49.6 Å². The van der Waals surface area contributed by atoms with Gasteiger partial charge in [-0.3, -0.25) is 14.6 Å². The predicted molar refractivity (Wildman–Crippen MR) is 114 cm³/mol. The molecule has 0 radical (unpaired) electrons. The summed E-state index contributed by atoms with van der Waals surface area (Å²) in [5, 5.41) is 3.88. The Hall–Kier alpha value is -3.21. The first kappa shape index (κ1) is 20.5. The molecule has 29 heavy (non-hydrogen) atoms. The van der Waals surface area contributed by atoms with Crippen LogP contribution in [0.15, 0.2) is 54.7 Å². The molecular weight excluding hydrogens is 364 g/mol. The fraction of sp³-hybridized carbons (Fsp3) is 0.292. The van der Waals surface area contributed by atoms with Crippen molar-refractivity contribution < 1.29 is 14.3 Å². The van der Waals surface area contributed by atoms with Gasteiger partial charge < -0.3 is 10.1 Å². The number of carbonyl (C=O) groups excluding carboxylic acids is 2. The molecule has 0 aliphatic rings. The highest BCUT2D eigenvalue weighted by Gasteiger charge is 2.10. The van der Waals surface area contributed by atoms with Gasteiger partial charge in [-0.1, -0.05) is 30.3 Å². The van der Waals surface area contributed by atoms with Gasteiger partial charge in [-0.15, -0.1) is 0 Å². The van der Waals surface area contributed by atoms with Gasteiger partial charge in [0.15, 0.2) is 5.78 Å². The monoisotopic (exact) mass is 390 g/mol. The zero-order valence-corrected chi connectivity index (χ0v) is 16.9. The van der Waals surface area contributed by atoms with Crippen LogP contribution in [0.3, 0.4) is 0 Å². The molecule has 3 aromatic rings. The van der Waals surface area contributed by atoms with Crippen LogP contribution < -0.4 is 10.1 Å². The van der Waals surface area contributed by atoms with Crippen LogP contribution in [0, 0.1) is 13.8 Å². The van der Waals surface area contributed by atoms with Crippen LogP contribution in [-0.2, 0) is 4.79 Å². The lowest BCUT2D eigenvalue weighted by atomic mass is 10.0. The smallest absolute Gasteiger partial charge is 0.220 e. The van der Waals surface area contributed by atoms with Crippen molar-refractivity contribution in [2.75, 3.05) is 13.2 Å². The fourth-order valence-electron chi connectivity index (χ4n) is 3.05. The molecule has 0 aliphatic carbocycles. The normalized spacial score (nSPS) is 10.7. The van der Waals surface area contributed by atoms with Gasteiger partial charge in [-0.25, -0.2) is 0 Å². The molecule has 5 nitrogen and oxygen atoms in total. The molecule has 2 aromatic carbocycles. The van der Waals surface area contributed by atoms with E-state index in [1.165, 1.54) is 0 Å². The molecule has 0 saturated carbocycles. The molecule has 0 spiro atoms. The molecule has 1 aromatic heterocycles. The molecule has 1 N–H and O–H groups in total. The van der Waals surface area contributed by atoms with Crippen LogP contribution in [0.2, 0.25) is 0 Å². The maximum absolute atomic E-state index is 12.2. The van der Waals surface area contributed by atoms with Crippen molar-refractivity contribution in [1.29, 1.82) is 0 Å². The number of ketones is 1. The average molecular weight is 390 g/mol. The van der Waals surface area contributed by atoms with Crippen LogP contribution in [0.5, 0.6) is 5.75 Å². The number of pyridine rings is 1. The van der Waals surface area contributed by atoms with Crippen molar-refractivity contribution >= 4 is 22.6 Å². The molecule has 0 fully saturated rings. The lowest BCUT2D eigenvalue weighted by Gasteiger charge is -2.09. The topological polar surface area (TPSA) is 68.3 Å². The molecule has 0 aliphatic heterocycles. The highest BCUT2D eigenvalue weighted by atomic mass is 16.5. The van der Waals surface area contributed by atoms with Crippen molar-refractivity contribution in [1.82, 2.24) is 10.3 Å². The first-order valence-electron chi connectivity index (χ1n) is 9.88. The zero-order chi connectivity index (χ0) is 20.6. The van der Waals surface area contributed by atoms with E-state index in [0.29, 0.717) is 25.1 Å². The van der Waals surface area contributed by atoms with Gasteiger partial charge in [0, 0.05) is 36.5 Å². The van der Waals surface area contributed by atoms with Crippen LogP contribution in [-0.4, -0.2) is 29.8 Å². The van der Waals surface area contributed by atoms with Gasteiger partial charge in [0.2, 0.25) is 5.91 Å². The summed E-state index contributed by atoms with van der Waals surface area (Å²) in [4.78, 5) is 28.6. The second kappa shape index (κ2) is 9.82. The van der Waals surface area contributed by atoms with E-state index in [1.807, 2.05) is 62.4 Å². The Morgan fingerprint density at radius 3 is 2.66 bits per heavy atom. The number of nitrogens with one attached hydrogen (secondary N) is 1. The van der Waals surface area contributed by atoms with E-state index in [2.05, 4.69) is 10.3 Å². The van der Waals surface area contributed by atoms with Crippen LogP contribution in [0.25, 0.3) is 10.9 Å². The van der Waals surface area contributed by atoms with E-state index in [1.54, 1.807) is 6.20 Å². The highest BCUT2D eigenvalue weighted by Crippen LogP contribution is 2.22. The van der Waals surface area contributed by atoms with Crippen LogP contribution in [0.1, 0.15) is 40.7 Å². The fourth-order valence-corrected chi connectivity index (χ4v) is 3.05. The van der Waals surface area contributed by atoms with Crippen LogP contribution in [0.4, 0.5) is 0 Å². The quantitative estimate of drug-likeness (QED) is 0.434. The molecule has 1 heterocycles. The number of aromatic nitrogens is 1. The van der Waals surface area contributed by atoms with Crippen LogP contribution >= 0.6 is 0 Å². The van der Waals surface area contributed by atoms with Gasteiger partial charge in [0.05, 0.1) is 6.61 Å². The van der Waals surface area contributed by atoms with Gasteiger partial charge >= 0.3 is 0 Å². The lowest BCUT2D eigenvalue weighted by molar-refractivity contribution is -0.121. The van der Waals surface area contributed by atoms with Crippen molar-refractivity contribution in [2.45, 2.75) is 33.1 Å². The van der Waals surface area contributed by atoms with Crippen molar-refractivity contribution in [2.24, 2.45) is 0 Å². The number of fused-ring (bicyclic) bond motifs is 1. The third-order valence-corrected chi connectivity index (χ3v) is 4.90. The number of nitrogens with zero attached hydrogens (tertiary/aromatic N) is 1. The Morgan fingerprint density at radius 1 is 1.00 bits per heavy atom. The summed E-state index contributed by atoms with van der Waals surface area (Å²) in [7, 11) is 0. The standard InChI is InChI=1S/C24H26N2O3/c1-17-9-10-20(16-18(17)2)21(27)11-12-23(28)25-14-5-15-29-22-8-3-6-19-7-4-13-26-24(19)22/h3-4,6-10,13,16H,5,11-12,14-15H2,1-2H3,(H,25,28). The van der Waals surface area contributed by atoms with E-state index >= 15 is 0 Å². The Labute approximate surface area is 171 Å². The number of hydrogen-bond acceptors (Lipinski definition) is 4. The SMILES string of the molecule is Cc1ccc(C(=O)CCC(=O)NCCCOc2cccc3cccnc23)cc1C. The van der Waals surface area contributed by atoms with E-state index < -0.39 is 0 Å². The summed E-state index contributed by atoms with van der Waals surface area (Å²) in [6, 6.07) is 15.4. The second-order valence-corrected chi connectivity index (χ2v) is 7.11. The second-order valence-electron chi connectivity index (χ2n) is 7.11. The number of Topliss-reactive ketones (excluding diaryl/α,β-unsaturated/α-hetero) is 1. The Kier molecular flexibility index (Phi) is 6.95. The minimum Gasteiger partial charge on any atom is -0.491 e. The third kappa shape index (κ3) is 5.64. The molecule has 0 unspecified atom stereocenters. The number of amides is 1. The third-order valence-electron chi connectivity index (χ3n) is 4.90. The number of para-hydroxylation sites is 1. The Bertz CT molecular complexity index is 1010. The Balaban J connectivity index is 1.36. The average Bonchev–Trinajstić information content (AvgIpc) is 2.73. The highest BCUT2D eigenvalue weighted by molar-refractivity contribution is 5.98. The summed E-state index contributed by atoms with van der Waals surface area (Å²) < 4.78 is 5.81. The van der Waals surface area contributed by atoms with E-state index in [-0.39, 0.29) is 24.5 Å². The number of aryl methyl sites for hydroxylation is 2. The maximum Gasteiger partial charge on any atom is 0.220 e. The summed E-state index contributed by atoms with van der Waals surface area (Å²) in [6.07, 6.45) is 2.83. The van der Waals surface area contributed by atoms with Crippen molar-refractivity contribution in [3.05, 3.63) is 71.4 Å². The number of benzene rings is 2. The summed E-state index contributed by atoms with van der Waals surface area (Å²) in [5.74, 6) is 0.623. The van der Waals surface area contributed by atoms with E-state index in [4.69, 9.17) is 4.74 Å². The molecule has 0 bridgehead atoms. The van der Waals surface area contributed by atoms with E-state index in [9.17, 15) is 9.59 Å². The number of hydrogen-bond donors (Lipinski definition) is 1. The largest absolute Gasteiger partial charge is 0.491 e. The molecule has 0 saturated heterocycles. The zero-order valence-electron chi connectivity index (χ0n) is 16.9. The number of ether oxygens (including phenoxy) is 1.